The Morgan fingerprint density at radius 3 is 2.67 bits per heavy atom. The molecule has 0 N–H and O–H groups in total. The predicted octanol–water partition coefficient (Wildman–Crippen LogP) is 1.06. The van der Waals surface area contributed by atoms with Crippen molar-refractivity contribution in [3.8, 4) is 0 Å². The number of hydrogen-bond acceptors (Lipinski definition) is 5. The fourth-order valence-corrected chi connectivity index (χ4v) is 1.08. The third kappa shape index (κ3) is 2.83. The summed E-state index contributed by atoms with van der Waals surface area (Å²) in [6, 6.07) is 1.69. The van der Waals surface area contributed by atoms with Crippen molar-refractivity contribution in [2.45, 2.75) is 6.92 Å². The Morgan fingerprint density at radius 2 is 2.27 bits per heavy atom. The van der Waals surface area contributed by atoms with Crippen molar-refractivity contribution in [1.82, 2.24) is 10.1 Å². The molecule has 0 spiro atoms. The van der Waals surface area contributed by atoms with Gasteiger partial charge in [0.1, 0.15) is 5.57 Å². The van der Waals surface area contributed by atoms with E-state index in [0.717, 1.165) is 5.69 Å². The molecule has 5 nitrogen and oxygen atoms in total. The van der Waals surface area contributed by atoms with Crippen molar-refractivity contribution in [2.75, 3.05) is 21.2 Å². The normalized spacial score (nSPS) is 11.3. The zero-order chi connectivity index (χ0) is 11.4. The van der Waals surface area contributed by atoms with Crippen LogP contribution in [0.5, 0.6) is 0 Å². The zero-order valence-electron chi connectivity index (χ0n) is 9.27. The Kier molecular flexibility index (Phi) is 3.49. The Labute approximate surface area is 88.3 Å². The van der Waals surface area contributed by atoms with Crippen molar-refractivity contribution in [3.05, 3.63) is 23.7 Å². The van der Waals surface area contributed by atoms with Gasteiger partial charge in [-0.05, 0) is 6.92 Å². The molecule has 1 rings (SSSR count). The molecular formula is C10H14N2O3. The lowest BCUT2D eigenvalue weighted by atomic mass is 10.2. The van der Waals surface area contributed by atoms with E-state index in [2.05, 4.69) is 9.89 Å². The third-order valence-corrected chi connectivity index (χ3v) is 1.69. The topological polar surface area (TPSA) is 55.6 Å². The van der Waals surface area contributed by atoms with Gasteiger partial charge in [0.15, 0.2) is 5.76 Å². The van der Waals surface area contributed by atoms with Gasteiger partial charge >= 0.3 is 5.97 Å². The van der Waals surface area contributed by atoms with Crippen LogP contribution in [0.15, 0.2) is 16.8 Å². The number of aryl methyl sites for hydroxylation is 1. The van der Waals surface area contributed by atoms with Crippen molar-refractivity contribution >= 4 is 11.5 Å². The summed E-state index contributed by atoms with van der Waals surface area (Å²) < 4.78 is 9.66. The van der Waals surface area contributed by atoms with Gasteiger partial charge in [-0.3, -0.25) is 0 Å². The first-order valence-electron chi connectivity index (χ1n) is 4.45. The highest BCUT2D eigenvalue weighted by Crippen LogP contribution is 2.17. The van der Waals surface area contributed by atoms with Crippen LogP contribution in [0.1, 0.15) is 11.5 Å². The molecule has 1 aromatic heterocycles. The predicted molar refractivity (Wildman–Crippen MR) is 54.9 cm³/mol. The summed E-state index contributed by atoms with van der Waals surface area (Å²) in [4.78, 5) is 13.2. The number of aromatic nitrogens is 1. The lowest BCUT2D eigenvalue weighted by Gasteiger charge is -2.07. The van der Waals surface area contributed by atoms with Crippen molar-refractivity contribution in [3.63, 3.8) is 0 Å². The number of hydrogen-bond donors (Lipinski definition) is 0. The lowest BCUT2D eigenvalue weighted by molar-refractivity contribution is -0.133. The molecule has 0 bridgehead atoms. The average Bonchev–Trinajstić information content (AvgIpc) is 2.59. The summed E-state index contributed by atoms with van der Waals surface area (Å²) in [6.07, 6.45) is 1.63. The number of esters is 1. The molecule has 1 heterocycles. The van der Waals surface area contributed by atoms with E-state index in [1.54, 1.807) is 24.1 Å². The Balaban J connectivity index is 3.07. The second-order valence-corrected chi connectivity index (χ2v) is 3.33. The maximum absolute atomic E-state index is 11.5. The minimum absolute atomic E-state index is 0.350. The SMILES string of the molecule is COC(=O)C(=CN(C)C)c1cc(C)no1. The van der Waals surface area contributed by atoms with E-state index in [1.807, 2.05) is 14.1 Å². The van der Waals surface area contributed by atoms with Crippen LogP contribution in [-0.2, 0) is 9.53 Å². The van der Waals surface area contributed by atoms with Crippen LogP contribution in [0.25, 0.3) is 5.57 Å². The van der Waals surface area contributed by atoms with Gasteiger partial charge in [0.05, 0.1) is 12.8 Å². The van der Waals surface area contributed by atoms with Gasteiger partial charge in [0, 0.05) is 26.4 Å². The monoisotopic (exact) mass is 210 g/mol. The largest absolute Gasteiger partial charge is 0.465 e. The van der Waals surface area contributed by atoms with E-state index in [0.29, 0.717) is 11.3 Å². The second-order valence-electron chi connectivity index (χ2n) is 3.33. The number of carbonyl (C=O) groups is 1. The van der Waals surface area contributed by atoms with E-state index in [9.17, 15) is 4.79 Å². The van der Waals surface area contributed by atoms with Crippen LogP contribution in [0, 0.1) is 6.92 Å². The Morgan fingerprint density at radius 1 is 1.60 bits per heavy atom. The molecule has 0 aliphatic carbocycles. The summed E-state index contributed by atoms with van der Waals surface area (Å²) >= 11 is 0. The van der Waals surface area contributed by atoms with E-state index in [1.165, 1.54) is 7.11 Å². The van der Waals surface area contributed by atoms with Crippen LogP contribution in [0.3, 0.4) is 0 Å². The summed E-state index contributed by atoms with van der Waals surface area (Å²) in [5.74, 6) is -0.0344. The van der Waals surface area contributed by atoms with Crippen molar-refractivity contribution < 1.29 is 14.1 Å². The molecule has 0 atom stereocenters. The van der Waals surface area contributed by atoms with Gasteiger partial charge in [-0.1, -0.05) is 5.16 Å². The standard InChI is InChI=1S/C10H14N2O3/c1-7-5-9(15-11-7)8(6-12(2)3)10(13)14-4/h5-6H,1-4H3. The van der Waals surface area contributed by atoms with Gasteiger partial charge < -0.3 is 14.2 Å². The first-order valence-corrected chi connectivity index (χ1v) is 4.45. The first-order chi connectivity index (χ1) is 7.04. The van der Waals surface area contributed by atoms with Crippen LogP contribution in [-0.4, -0.2) is 37.2 Å². The molecule has 5 heteroatoms. The average molecular weight is 210 g/mol. The van der Waals surface area contributed by atoms with Gasteiger partial charge in [-0.25, -0.2) is 4.79 Å². The molecule has 15 heavy (non-hydrogen) atoms. The molecule has 0 unspecified atom stereocenters. The highest BCUT2D eigenvalue weighted by Gasteiger charge is 2.17. The highest BCUT2D eigenvalue weighted by atomic mass is 16.5. The number of ether oxygens (including phenoxy) is 1. The summed E-state index contributed by atoms with van der Waals surface area (Å²) in [5.41, 5.74) is 1.07. The van der Waals surface area contributed by atoms with E-state index < -0.39 is 5.97 Å². The number of rotatable bonds is 3. The molecule has 0 aliphatic heterocycles. The zero-order valence-corrected chi connectivity index (χ0v) is 9.27. The van der Waals surface area contributed by atoms with Crippen molar-refractivity contribution in [2.24, 2.45) is 0 Å². The van der Waals surface area contributed by atoms with E-state index in [-0.39, 0.29) is 0 Å². The molecule has 0 radical (unpaired) electrons. The maximum Gasteiger partial charge on any atom is 0.343 e. The summed E-state index contributed by atoms with van der Waals surface area (Å²) in [5, 5.41) is 3.72. The summed E-state index contributed by atoms with van der Waals surface area (Å²) in [7, 11) is 4.95. The smallest absolute Gasteiger partial charge is 0.343 e. The highest BCUT2D eigenvalue weighted by molar-refractivity contribution is 6.15. The van der Waals surface area contributed by atoms with Gasteiger partial charge in [0.25, 0.3) is 0 Å². The van der Waals surface area contributed by atoms with Gasteiger partial charge in [0.2, 0.25) is 0 Å². The molecular weight excluding hydrogens is 196 g/mol. The third-order valence-electron chi connectivity index (χ3n) is 1.69. The molecule has 1 aromatic rings. The van der Waals surface area contributed by atoms with Crippen LogP contribution >= 0.6 is 0 Å². The molecule has 0 aliphatic rings. The minimum atomic E-state index is -0.445. The number of methoxy groups -OCH3 is 1. The quantitative estimate of drug-likeness (QED) is 0.551. The Hall–Kier alpha value is -1.78. The molecule has 82 valence electrons. The summed E-state index contributed by atoms with van der Waals surface area (Å²) in [6.45, 7) is 1.79. The Bertz CT molecular complexity index is 380. The van der Waals surface area contributed by atoms with Crippen LogP contribution < -0.4 is 0 Å². The molecule has 0 aromatic carbocycles. The first kappa shape index (κ1) is 11.3. The maximum atomic E-state index is 11.5. The lowest BCUT2D eigenvalue weighted by Crippen LogP contribution is -2.09. The van der Waals surface area contributed by atoms with Gasteiger partial charge in [-0.15, -0.1) is 0 Å². The molecule has 0 fully saturated rings. The minimum Gasteiger partial charge on any atom is -0.465 e. The molecule has 0 saturated heterocycles. The van der Waals surface area contributed by atoms with Crippen LogP contribution in [0.2, 0.25) is 0 Å². The molecule has 0 amide bonds. The van der Waals surface area contributed by atoms with E-state index in [4.69, 9.17) is 4.52 Å². The molecule has 0 saturated carbocycles. The number of nitrogens with zero attached hydrogens (tertiary/aromatic N) is 2. The second kappa shape index (κ2) is 4.63. The fourth-order valence-electron chi connectivity index (χ4n) is 1.08. The number of carbonyl (C=O) groups excluding carboxylic acids is 1. The van der Waals surface area contributed by atoms with Crippen molar-refractivity contribution in [1.29, 1.82) is 0 Å². The van der Waals surface area contributed by atoms with Crippen LogP contribution in [0.4, 0.5) is 0 Å². The fraction of sp³-hybridized carbons (Fsp3) is 0.400. The van der Waals surface area contributed by atoms with Gasteiger partial charge in [-0.2, -0.15) is 0 Å². The van der Waals surface area contributed by atoms with E-state index >= 15 is 0 Å².